The van der Waals surface area contributed by atoms with E-state index in [9.17, 15) is 13.0 Å². The molecule has 0 aliphatic heterocycles. The van der Waals surface area contributed by atoms with Crippen LogP contribution in [-0.2, 0) is 20.2 Å². The highest BCUT2D eigenvalue weighted by atomic mass is 32.2. The molecule has 0 aromatic heterocycles. The van der Waals surface area contributed by atoms with Gasteiger partial charge in [-0.05, 0) is 170 Å². The van der Waals surface area contributed by atoms with Crippen molar-refractivity contribution in [2.75, 3.05) is 0 Å². The summed E-state index contributed by atoms with van der Waals surface area (Å²) in [4.78, 5) is 0.489. The number of hydrogen-bond acceptors (Lipinski definition) is 5. The van der Waals surface area contributed by atoms with Crippen LogP contribution < -0.4 is 4.18 Å². The second-order valence-electron chi connectivity index (χ2n) is 18.5. The van der Waals surface area contributed by atoms with Crippen molar-refractivity contribution in [1.29, 1.82) is 0 Å². The van der Waals surface area contributed by atoms with E-state index in [1.807, 2.05) is 0 Å². The maximum Gasteiger partial charge on any atom is 0.339 e. The zero-order valence-electron chi connectivity index (χ0n) is 31.1. The molecule has 284 valence electrons. The van der Waals surface area contributed by atoms with Gasteiger partial charge in [-0.1, -0.05) is 82.8 Å². The van der Waals surface area contributed by atoms with Crippen molar-refractivity contribution in [2.24, 2.45) is 23.7 Å². The molecule has 4 bridgehead atoms. The van der Waals surface area contributed by atoms with Gasteiger partial charge < -0.3 is 4.18 Å². The Morgan fingerprint density at radius 2 is 0.923 bits per heavy atom. The molecule has 2 aromatic carbocycles. The van der Waals surface area contributed by atoms with E-state index >= 15 is 8.42 Å². The number of rotatable bonds is 9. The summed E-state index contributed by atoms with van der Waals surface area (Å²) in [6, 6.07) is 8.02. The quantitative estimate of drug-likeness (QED) is 0.202. The lowest BCUT2D eigenvalue weighted by atomic mass is 9.76. The normalized spacial score (nSPS) is 31.8. The molecule has 7 fully saturated rings. The number of fused-ring (bicyclic) bond motifs is 4. The van der Waals surface area contributed by atoms with E-state index in [1.54, 1.807) is 12.1 Å². The Morgan fingerprint density at radius 1 is 0.481 bits per heavy atom. The highest BCUT2D eigenvalue weighted by Gasteiger charge is 2.46. The van der Waals surface area contributed by atoms with Crippen LogP contribution in [0, 0.1) is 23.7 Å². The first-order chi connectivity index (χ1) is 25.1. The van der Waals surface area contributed by atoms with E-state index < -0.39 is 20.2 Å². The second-order valence-corrected chi connectivity index (χ2v) is 21.4. The minimum atomic E-state index is -4.55. The van der Waals surface area contributed by atoms with Gasteiger partial charge >= 0.3 is 10.1 Å². The van der Waals surface area contributed by atoms with E-state index in [-0.39, 0.29) is 34.3 Å². The molecule has 7 saturated carbocycles. The standard InChI is InChI=1S/C44H60O6S2/c45-51(46,47)43-41(37-22-28-16-18-33(37)20-28)26-36(27-42(43)38-23-29-17-19-34(38)21-29)50-52(48,49)44-39(31-12-6-2-7-13-31)24-35(30-10-4-1-5-11-30)25-40(44)32-14-8-3-9-15-32/h24-34,37-38H,1-23H2,(H,45,46,47)/t28?,29?,33?,34?,37-,38?/m0/s1. The van der Waals surface area contributed by atoms with Crippen LogP contribution in [-0.4, -0.2) is 21.4 Å². The highest BCUT2D eigenvalue weighted by molar-refractivity contribution is 7.87. The first-order valence-electron chi connectivity index (χ1n) is 21.4. The summed E-state index contributed by atoms with van der Waals surface area (Å²) in [7, 11) is -8.83. The van der Waals surface area contributed by atoms with Gasteiger partial charge in [-0.25, -0.2) is 0 Å². The van der Waals surface area contributed by atoms with Crippen LogP contribution in [0.1, 0.15) is 205 Å². The molecular weight excluding hydrogens is 689 g/mol. The molecule has 0 spiro atoms. The Kier molecular flexibility index (Phi) is 9.85. The van der Waals surface area contributed by atoms with Crippen molar-refractivity contribution in [2.45, 2.75) is 187 Å². The summed E-state index contributed by atoms with van der Waals surface area (Å²) >= 11 is 0. The third-order valence-corrected chi connectivity index (χ3v) is 17.8. The molecule has 52 heavy (non-hydrogen) atoms. The van der Waals surface area contributed by atoms with Crippen LogP contribution >= 0.6 is 0 Å². The molecule has 1 N–H and O–H groups in total. The molecule has 9 rings (SSSR count). The molecule has 0 amide bonds. The lowest BCUT2D eigenvalue weighted by Gasteiger charge is -2.32. The maximum atomic E-state index is 15.2. The monoisotopic (exact) mass is 748 g/mol. The van der Waals surface area contributed by atoms with Crippen molar-refractivity contribution in [1.82, 2.24) is 0 Å². The Balaban J connectivity index is 1.19. The summed E-state index contributed by atoms with van der Waals surface area (Å²) < 4.78 is 74.7. The van der Waals surface area contributed by atoms with Gasteiger partial charge in [0, 0.05) is 0 Å². The van der Waals surface area contributed by atoms with Gasteiger partial charge in [0.25, 0.3) is 10.1 Å². The van der Waals surface area contributed by atoms with E-state index in [1.165, 1.54) is 50.5 Å². The topological polar surface area (TPSA) is 97.7 Å². The van der Waals surface area contributed by atoms with Crippen LogP contribution in [0.3, 0.4) is 0 Å². The zero-order chi connectivity index (χ0) is 35.6. The molecule has 2 aromatic rings. The highest BCUT2D eigenvalue weighted by Crippen LogP contribution is 2.58. The third-order valence-electron chi connectivity index (χ3n) is 15.4. The molecule has 0 heterocycles. The van der Waals surface area contributed by atoms with Crippen molar-refractivity contribution in [3.8, 4) is 5.75 Å². The van der Waals surface area contributed by atoms with Crippen LogP contribution in [0.25, 0.3) is 0 Å². The van der Waals surface area contributed by atoms with Crippen molar-refractivity contribution < 1.29 is 25.6 Å². The first-order valence-corrected chi connectivity index (χ1v) is 24.2. The largest absolute Gasteiger partial charge is 0.379 e. The fourth-order valence-corrected chi connectivity index (χ4v) is 15.5. The number of hydrogen-bond donors (Lipinski definition) is 1. The SMILES string of the molecule is O=S(=O)(O)c1c(C2CC3CCC2C3)cc(OS(=O)(=O)c2c(C3CCCCC3)cc(C3CCCCC3)cc2C2CCCCC2)cc1[C@H]1CC2CCC1C2. The van der Waals surface area contributed by atoms with Gasteiger partial charge in [0.15, 0.2) is 0 Å². The molecule has 0 radical (unpaired) electrons. The van der Waals surface area contributed by atoms with Crippen molar-refractivity contribution in [3.05, 3.63) is 52.1 Å². The Morgan fingerprint density at radius 3 is 1.31 bits per heavy atom. The van der Waals surface area contributed by atoms with Gasteiger partial charge in [0.2, 0.25) is 0 Å². The molecule has 5 unspecified atom stereocenters. The van der Waals surface area contributed by atoms with E-state index in [0.29, 0.717) is 45.6 Å². The van der Waals surface area contributed by atoms with Gasteiger partial charge in [0.05, 0.1) is 0 Å². The minimum Gasteiger partial charge on any atom is -0.379 e. The van der Waals surface area contributed by atoms with Crippen LogP contribution in [0.2, 0.25) is 0 Å². The summed E-state index contributed by atoms with van der Waals surface area (Å²) in [6.45, 7) is 0. The summed E-state index contributed by atoms with van der Waals surface area (Å²) in [5.74, 6) is 2.93. The third kappa shape index (κ3) is 6.82. The van der Waals surface area contributed by atoms with Crippen LogP contribution in [0.5, 0.6) is 5.75 Å². The minimum absolute atomic E-state index is 0.00959. The van der Waals surface area contributed by atoms with Crippen molar-refractivity contribution in [3.63, 3.8) is 0 Å². The second kappa shape index (κ2) is 14.3. The predicted octanol–water partition coefficient (Wildman–Crippen LogP) is 11.7. The summed E-state index contributed by atoms with van der Waals surface area (Å²) in [5.41, 5.74) is 4.52. The van der Waals surface area contributed by atoms with Gasteiger partial charge in [0.1, 0.15) is 15.5 Å². The van der Waals surface area contributed by atoms with Crippen LogP contribution in [0.4, 0.5) is 0 Å². The van der Waals surface area contributed by atoms with Gasteiger partial charge in [-0.15, -0.1) is 0 Å². The Labute approximate surface area is 313 Å². The smallest absolute Gasteiger partial charge is 0.339 e. The average molecular weight is 749 g/mol. The van der Waals surface area contributed by atoms with Gasteiger partial charge in [-0.2, -0.15) is 16.8 Å². The molecule has 0 saturated heterocycles. The average Bonchev–Trinajstić information content (AvgIpc) is 3.98. The van der Waals surface area contributed by atoms with E-state index in [2.05, 4.69) is 12.1 Å². The zero-order valence-corrected chi connectivity index (χ0v) is 32.7. The summed E-state index contributed by atoms with van der Waals surface area (Å²) in [6.07, 6.45) is 25.4. The van der Waals surface area contributed by atoms with Crippen molar-refractivity contribution >= 4 is 20.2 Å². The molecular formula is C44H60O6S2. The van der Waals surface area contributed by atoms with Gasteiger partial charge in [-0.3, -0.25) is 4.55 Å². The fourth-order valence-electron chi connectivity index (χ4n) is 13.1. The van der Waals surface area contributed by atoms with Crippen LogP contribution in [0.15, 0.2) is 34.1 Å². The Bertz CT molecular complexity index is 1780. The Hall–Kier alpha value is -1.90. The summed E-state index contributed by atoms with van der Waals surface area (Å²) in [5, 5.41) is 0. The molecule has 6 nitrogen and oxygen atoms in total. The molecule has 6 atom stereocenters. The first kappa shape index (κ1) is 35.8. The fraction of sp³-hybridized carbons (Fsp3) is 0.727. The predicted molar refractivity (Wildman–Crippen MR) is 204 cm³/mol. The molecule has 7 aliphatic carbocycles. The van der Waals surface area contributed by atoms with E-state index in [0.717, 1.165) is 114 Å². The maximum absolute atomic E-state index is 15.2. The lowest BCUT2D eigenvalue weighted by Crippen LogP contribution is -2.22. The lowest BCUT2D eigenvalue weighted by molar-refractivity contribution is 0.395. The number of benzene rings is 2. The molecule has 7 aliphatic rings. The van der Waals surface area contributed by atoms with E-state index in [4.69, 9.17) is 4.18 Å². The molecule has 8 heteroatoms.